The highest BCUT2D eigenvalue weighted by atomic mass is 16.1. The number of hydrogen-bond donors (Lipinski definition) is 2. The second-order valence-corrected chi connectivity index (χ2v) is 6.74. The predicted octanol–water partition coefficient (Wildman–Crippen LogP) is 4.36. The lowest BCUT2D eigenvalue weighted by Gasteiger charge is -2.13. The molecule has 1 aromatic heterocycles. The summed E-state index contributed by atoms with van der Waals surface area (Å²) in [4.78, 5) is 16.5. The van der Waals surface area contributed by atoms with E-state index in [1.807, 2.05) is 24.3 Å². The largest absolute Gasteiger partial charge is 0.383 e. The van der Waals surface area contributed by atoms with Crippen LogP contribution in [0.4, 0.5) is 5.69 Å². The van der Waals surface area contributed by atoms with Gasteiger partial charge in [-0.15, -0.1) is 0 Å². The lowest BCUT2D eigenvalue weighted by atomic mass is 9.97. The molecule has 1 aromatic carbocycles. The minimum Gasteiger partial charge on any atom is -0.383 e. The number of aromatic nitrogens is 1. The second kappa shape index (κ2) is 9.76. The highest BCUT2D eigenvalue weighted by molar-refractivity contribution is 5.94. The van der Waals surface area contributed by atoms with E-state index >= 15 is 0 Å². The zero-order chi connectivity index (χ0) is 18.0. The number of carbonyl (C=O) groups excluding carboxylic acids is 1. The van der Waals surface area contributed by atoms with Crippen molar-refractivity contribution in [2.24, 2.45) is 0 Å². The Labute approximate surface area is 155 Å². The quantitative estimate of drug-likeness (QED) is 0.696. The van der Waals surface area contributed by atoms with Gasteiger partial charge in [0.15, 0.2) is 0 Å². The molecule has 2 aromatic rings. The highest BCUT2D eigenvalue weighted by Gasteiger charge is 2.08. The first kappa shape index (κ1) is 18.2. The van der Waals surface area contributed by atoms with E-state index in [2.05, 4.69) is 33.8 Å². The third kappa shape index (κ3) is 5.73. The fourth-order valence-electron chi connectivity index (χ4n) is 3.23. The van der Waals surface area contributed by atoms with Gasteiger partial charge in [0.25, 0.3) is 5.91 Å². The van der Waals surface area contributed by atoms with Crippen LogP contribution in [-0.4, -0.2) is 24.0 Å². The fourth-order valence-corrected chi connectivity index (χ4v) is 3.23. The maximum Gasteiger partial charge on any atom is 0.252 e. The van der Waals surface area contributed by atoms with Crippen LogP contribution < -0.4 is 10.6 Å². The molecule has 0 radical (unpaired) electrons. The molecule has 0 fully saturated rings. The summed E-state index contributed by atoms with van der Waals surface area (Å²) in [6, 6.07) is 12.2. The summed E-state index contributed by atoms with van der Waals surface area (Å²) in [6.07, 6.45) is 12.5. The average molecular weight is 349 g/mol. The summed E-state index contributed by atoms with van der Waals surface area (Å²) < 4.78 is 0. The Morgan fingerprint density at radius 1 is 1.04 bits per heavy atom. The van der Waals surface area contributed by atoms with Crippen molar-refractivity contribution < 1.29 is 4.79 Å². The molecule has 4 nitrogen and oxygen atoms in total. The van der Waals surface area contributed by atoms with Gasteiger partial charge in [-0.3, -0.25) is 9.78 Å². The molecule has 4 heteroatoms. The van der Waals surface area contributed by atoms with Gasteiger partial charge >= 0.3 is 0 Å². The van der Waals surface area contributed by atoms with Crippen LogP contribution in [-0.2, 0) is 6.42 Å². The minimum absolute atomic E-state index is 0.0550. The zero-order valence-corrected chi connectivity index (χ0v) is 15.2. The Balaban J connectivity index is 1.45. The van der Waals surface area contributed by atoms with Crippen molar-refractivity contribution >= 4 is 11.6 Å². The molecule has 0 unspecified atom stereocenters. The van der Waals surface area contributed by atoms with Gasteiger partial charge in [0, 0.05) is 25.5 Å². The van der Waals surface area contributed by atoms with Crippen LogP contribution in [0.3, 0.4) is 0 Å². The number of nitrogens with one attached hydrogen (secondary N) is 2. The van der Waals surface area contributed by atoms with Crippen LogP contribution in [0.5, 0.6) is 0 Å². The first-order chi connectivity index (χ1) is 12.8. The molecule has 1 amide bonds. The number of pyridine rings is 1. The Bertz CT molecular complexity index is 740. The van der Waals surface area contributed by atoms with Crippen LogP contribution in [0, 0.1) is 0 Å². The third-order valence-corrected chi connectivity index (χ3v) is 4.70. The smallest absolute Gasteiger partial charge is 0.252 e. The Kier molecular flexibility index (Phi) is 6.82. The van der Waals surface area contributed by atoms with E-state index < -0.39 is 0 Å². The van der Waals surface area contributed by atoms with Crippen LogP contribution in [0.15, 0.2) is 60.4 Å². The monoisotopic (exact) mass is 349 g/mol. The molecule has 0 aliphatic heterocycles. The molecule has 0 bridgehead atoms. The lowest BCUT2D eigenvalue weighted by molar-refractivity contribution is 0.0953. The first-order valence-corrected chi connectivity index (χ1v) is 9.50. The molecule has 26 heavy (non-hydrogen) atoms. The summed E-state index contributed by atoms with van der Waals surface area (Å²) in [5.41, 5.74) is 4.25. The molecule has 1 aliphatic rings. The van der Waals surface area contributed by atoms with Gasteiger partial charge in [0.1, 0.15) is 0 Å². The fraction of sp³-hybridized carbons (Fsp3) is 0.364. The van der Waals surface area contributed by atoms with E-state index in [-0.39, 0.29) is 5.91 Å². The van der Waals surface area contributed by atoms with Crippen LogP contribution >= 0.6 is 0 Å². The van der Waals surface area contributed by atoms with Crippen molar-refractivity contribution in [3.63, 3.8) is 0 Å². The van der Waals surface area contributed by atoms with Gasteiger partial charge in [-0.05, 0) is 50.2 Å². The van der Waals surface area contributed by atoms with Crippen molar-refractivity contribution in [3.05, 3.63) is 71.6 Å². The Hall–Kier alpha value is -2.62. The number of carbonyl (C=O) groups is 1. The van der Waals surface area contributed by atoms with Crippen LogP contribution in [0.1, 0.15) is 48.0 Å². The topological polar surface area (TPSA) is 54.0 Å². The third-order valence-electron chi connectivity index (χ3n) is 4.70. The normalized spacial score (nSPS) is 13.8. The molecule has 0 spiro atoms. The number of nitrogens with zero attached hydrogens (tertiary/aromatic N) is 1. The summed E-state index contributed by atoms with van der Waals surface area (Å²) in [7, 11) is 0. The molecule has 0 atom stereocenters. The van der Waals surface area contributed by atoms with E-state index in [1.165, 1.54) is 36.8 Å². The molecule has 136 valence electrons. The van der Waals surface area contributed by atoms with E-state index in [4.69, 9.17) is 0 Å². The standard InChI is InChI=1S/C22H27N3O/c26-22(25-14-12-19-9-5-2-6-10-19)20-15-21(17-23-16-20)24-13-11-18-7-3-1-4-8-18/h1,3-4,7-9,15-17,24H,2,5-6,10-14H2,(H,25,26). The van der Waals surface area contributed by atoms with Crippen LogP contribution in [0.2, 0.25) is 0 Å². The van der Waals surface area contributed by atoms with Gasteiger partial charge in [0.2, 0.25) is 0 Å². The van der Waals surface area contributed by atoms with Crippen LogP contribution in [0.25, 0.3) is 0 Å². The number of allylic oxidation sites excluding steroid dienone is 1. The molecule has 1 aliphatic carbocycles. The van der Waals surface area contributed by atoms with E-state index in [9.17, 15) is 4.79 Å². The maximum atomic E-state index is 12.3. The Morgan fingerprint density at radius 3 is 2.73 bits per heavy atom. The van der Waals surface area contributed by atoms with Gasteiger partial charge in [-0.25, -0.2) is 0 Å². The molecule has 2 N–H and O–H groups in total. The number of hydrogen-bond acceptors (Lipinski definition) is 3. The summed E-state index contributed by atoms with van der Waals surface area (Å²) >= 11 is 0. The van der Waals surface area contributed by atoms with Gasteiger partial charge in [0.05, 0.1) is 11.3 Å². The average Bonchev–Trinajstić information content (AvgIpc) is 2.70. The van der Waals surface area contributed by atoms with E-state index in [0.717, 1.165) is 25.1 Å². The van der Waals surface area contributed by atoms with Crippen molar-refractivity contribution in [2.45, 2.75) is 38.5 Å². The molecular weight excluding hydrogens is 322 g/mol. The number of rotatable bonds is 8. The van der Waals surface area contributed by atoms with E-state index in [1.54, 1.807) is 12.4 Å². The molecule has 3 rings (SSSR count). The summed E-state index contributed by atoms with van der Waals surface area (Å²) in [5.74, 6) is -0.0550. The number of anilines is 1. The van der Waals surface area contributed by atoms with Crippen molar-refractivity contribution in [1.82, 2.24) is 10.3 Å². The van der Waals surface area contributed by atoms with Crippen molar-refractivity contribution in [1.29, 1.82) is 0 Å². The first-order valence-electron chi connectivity index (χ1n) is 9.50. The predicted molar refractivity (Wildman–Crippen MR) is 106 cm³/mol. The minimum atomic E-state index is -0.0550. The molecular formula is C22H27N3O. The summed E-state index contributed by atoms with van der Waals surface area (Å²) in [5, 5.41) is 6.35. The van der Waals surface area contributed by atoms with Gasteiger partial charge in [-0.2, -0.15) is 0 Å². The van der Waals surface area contributed by atoms with Gasteiger partial charge < -0.3 is 10.6 Å². The summed E-state index contributed by atoms with van der Waals surface area (Å²) in [6.45, 7) is 1.50. The van der Waals surface area contributed by atoms with E-state index in [0.29, 0.717) is 12.1 Å². The van der Waals surface area contributed by atoms with Gasteiger partial charge in [-0.1, -0.05) is 42.0 Å². The second-order valence-electron chi connectivity index (χ2n) is 6.74. The zero-order valence-electron chi connectivity index (χ0n) is 15.2. The highest BCUT2D eigenvalue weighted by Crippen LogP contribution is 2.19. The van der Waals surface area contributed by atoms with Crippen molar-refractivity contribution in [3.8, 4) is 0 Å². The molecule has 1 heterocycles. The number of amides is 1. The molecule has 0 saturated carbocycles. The maximum absolute atomic E-state index is 12.3. The van der Waals surface area contributed by atoms with Crippen molar-refractivity contribution in [2.75, 3.05) is 18.4 Å². The SMILES string of the molecule is O=C(NCCC1=CCCCC1)c1cncc(NCCc2ccccc2)c1. The lowest BCUT2D eigenvalue weighted by Crippen LogP contribution is -2.25. The Morgan fingerprint density at radius 2 is 1.92 bits per heavy atom. The number of benzene rings is 1. The molecule has 0 saturated heterocycles.